The summed E-state index contributed by atoms with van der Waals surface area (Å²) in [6, 6.07) is 14.2. The monoisotopic (exact) mass is 435 g/mol. The van der Waals surface area contributed by atoms with Crippen molar-refractivity contribution in [1.82, 2.24) is 0 Å². The van der Waals surface area contributed by atoms with Gasteiger partial charge >= 0.3 is 0 Å². The van der Waals surface area contributed by atoms with E-state index in [9.17, 15) is 19.1 Å². The van der Waals surface area contributed by atoms with Crippen LogP contribution in [0.4, 0.5) is 10.1 Å². The molecule has 1 aliphatic heterocycles. The summed E-state index contributed by atoms with van der Waals surface area (Å²) >= 11 is 0. The van der Waals surface area contributed by atoms with Crippen LogP contribution in [0.3, 0.4) is 0 Å². The van der Waals surface area contributed by atoms with Crippen LogP contribution in [0.15, 0.2) is 70.7 Å². The van der Waals surface area contributed by atoms with Gasteiger partial charge in [-0.15, -0.1) is 0 Å². The molecule has 1 atom stereocenters. The molecular formula is C25H22FNO5. The highest BCUT2D eigenvalue weighted by molar-refractivity contribution is 6.51. The molecule has 6 nitrogen and oxygen atoms in total. The Morgan fingerprint density at radius 2 is 1.81 bits per heavy atom. The van der Waals surface area contributed by atoms with Crippen molar-refractivity contribution < 1.29 is 28.2 Å². The Labute approximate surface area is 184 Å². The molecule has 1 aliphatic rings. The number of carbonyl (C=O) groups excluding carboxylic acids is 2. The molecule has 1 saturated heterocycles. The molecule has 3 aromatic rings. The molecule has 164 valence electrons. The summed E-state index contributed by atoms with van der Waals surface area (Å²) in [5, 5.41) is 11.1. The van der Waals surface area contributed by atoms with Gasteiger partial charge in [0.25, 0.3) is 11.7 Å². The molecular weight excluding hydrogens is 413 g/mol. The Bertz CT molecular complexity index is 1210. The quantitative estimate of drug-likeness (QED) is 0.341. The van der Waals surface area contributed by atoms with Gasteiger partial charge in [-0.1, -0.05) is 12.1 Å². The number of halogens is 1. The topological polar surface area (TPSA) is 80.0 Å². The van der Waals surface area contributed by atoms with Crippen LogP contribution in [0, 0.1) is 12.7 Å². The lowest BCUT2D eigenvalue weighted by Gasteiger charge is -2.23. The number of ketones is 1. The molecule has 1 fully saturated rings. The summed E-state index contributed by atoms with van der Waals surface area (Å²) in [4.78, 5) is 27.3. The highest BCUT2D eigenvalue weighted by Crippen LogP contribution is 2.42. The summed E-state index contributed by atoms with van der Waals surface area (Å²) in [5.74, 6) is -1.12. The van der Waals surface area contributed by atoms with Crippen molar-refractivity contribution >= 4 is 23.1 Å². The first kappa shape index (κ1) is 21.4. The van der Waals surface area contributed by atoms with E-state index in [4.69, 9.17) is 9.15 Å². The first-order valence-corrected chi connectivity index (χ1v) is 10.2. The minimum Gasteiger partial charge on any atom is -0.507 e. The number of ether oxygens (including phenoxy) is 1. The van der Waals surface area contributed by atoms with Gasteiger partial charge in [0.2, 0.25) is 0 Å². The van der Waals surface area contributed by atoms with Crippen molar-refractivity contribution in [3.8, 4) is 5.75 Å². The normalized spacial score (nSPS) is 17.9. The van der Waals surface area contributed by atoms with Crippen LogP contribution >= 0.6 is 0 Å². The number of hydrogen-bond donors (Lipinski definition) is 1. The summed E-state index contributed by atoms with van der Waals surface area (Å²) in [7, 11) is 0. The summed E-state index contributed by atoms with van der Waals surface area (Å²) < 4.78 is 24.9. The van der Waals surface area contributed by atoms with Crippen LogP contribution < -0.4 is 9.64 Å². The van der Waals surface area contributed by atoms with Gasteiger partial charge in [0.15, 0.2) is 0 Å². The summed E-state index contributed by atoms with van der Waals surface area (Å²) in [6.07, 6.45) is -0.0810. The number of anilines is 1. The van der Waals surface area contributed by atoms with Crippen molar-refractivity contribution in [2.24, 2.45) is 0 Å². The molecule has 0 aliphatic carbocycles. The lowest BCUT2D eigenvalue weighted by molar-refractivity contribution is -0.132. The minimum absolute atomic E-state index is 0.0810. The van der Waals surface area contributed by atoms with Crippen molar-refractivity contribution in [2.45, 2.75) is 32.9 Å². The zero-order chi connectivity index (χ0) is 23.0. The number of benzene rings is 2. The SMILES string of the molecule is Cc1ccc(C2/C(=C(/O)c3cccc(OC(C)C)c3)C(=O)C(=O)N2c2ccc(F)cc2)o1. The van der Waals surface area contributed by atoms with Gasteiger partial charge in [-0.05, 0) is 69.3 Å². The van der Waals surface area contributed by atoms with E-state index < -0.39 is 23.5 Å². The van der Waals surface area contributed by atoms with Crippen LogP contribution in [-0.4, -0.2) is 22.9 Å². The Morgan fingerprint density at radius 1 is 1.09 bits per heavy atom. The highest BCUT2D eigenvalue weighted by atomic mass is 19.1. The van der Waals surface area contributed by atoms with Gasteiger partial charge in [-0.25, -0.2) is 4.39 Å². The van der Waals surface area contributed by atoms with Crippen LogP contribution in [-0.2, 0) is 9.59 Å². The molecule has 32 heavy (non-hydrogen) atoms. The van der Waals surface area contributed by atoms with Gasteiger partial charge < -0.3 is 14.3 Å². The number of nitrogens with zero attached hydrogens (tertiary/aromatic N) is 1. The number of Topliss-reactive ketones (excluding diaryl/α,β-unsaturated/α-hetero) is 1. The number of carbonyl (C=O) groups is 2. The van der Waals surface area contributed by atoms with Crippen molar-refractivity contribution in [3.05, 3.63) is 89.1 Å². The Kier molecular flexibility index (Phi) is 5.57. The third-order valence-electron chi connectivity index (χ3n) is 5.06. The Hall–Kier alpha value is -3.87. The molecule has 0 spiro atoms. The molecule has 1 aromatic heterocycles. The molecule has 2 aromatic carbocycles. The minimum atomic E-state index is -1.01. The molecule has 1 N–H and O–H groups in total. The smallest absolute Gasteiger partial charge is 0.300 e. The maximum atomic E-state index is 13.5. The number of aliphatic hydroxyl groups is 1. The maximum Gasteiger partial charge on any atom is 0.300 e. The van der Waals surface area contributed by atoms with Crippen molar-refractivity contribution in [3.63, 3.8) is 0 Å². The second-order valence-corrected chi connectivity index (χ2v) is 7.79. The Balaban J connectivity index is 1.88. The first-order chi connectivity index (χ1) is 15.3. The van der Waals surface area contributed by atoms with E-state index in [1.807, 2.05) is 13.8 Å². The highest BCUT2D eigenvalue weighted by Gasteiger charge is 2.48. The Morgan fingerprint density at radius 3 is 2.44 bits per heavy atom. The van der Waals surface area contributed by atoms with Crippen LogP contribution in [0.2, 0.25) is 0 Å². The van der Waals surface area contributed by atoms with E-state index in [-0.39, 0.29) is 17.4 Å². The number of aryl methyl sites for hydroxylation is 1. The van der Waals surface area contributed by atoms with E-state index >= 15 is 0 Å². The number of aliphatic hydroxyl groups excluding tert-OH is 1. The fourth-order valence-electron chi connectivity index (χ4n) is 3.71. The molecule has 7 heteroatoms. The van der Waals surface area contributed by atoms with E-state index in [0.29, 0.717) is 28.5 Å². The second-order valence-electron chi connectivity index (χ2n) is 7.79. The third-order valence-corrected chi connectivity index (χ3v) is 5.06. The van der Waals surface area contributed by atoms with Crippen LogP contribution in [0.1, 0.15) is 37.0 Å². The molecule has 0 saturated carbocycles. The molecule has 4 rings (SSSR count). The van der Waals surface area contributed by atoms with Gasteiger partial charge in [0.05, 0.1) is 11.7 Å². The molecule has 0 radical (unpaired) electrons. The molecule has 1 amide bonds. The first-order valence-electron chi connectivity index (χ1n) is 10.2. The summed E-state index contributed by atoms with van der Waals surface area (Å²) in [5.41, 5.74) is 0.521. The van der Waals surface area contributed by atoms with Gasteiger partial charge in [-0.3, -0.25) is 14.5 Å². The molecule has 0 bridgehead atoms. The fraction of sp³-hybridized carbons (Fsp3) is 0.200. The molecule has 1 unspecified atom stereocenters. The average Bonchev–Trinajstić information content (AvgIpc) is 3.29. The number of hydrogen-bond acceptors (Lipinski definition) is 5. The van der Waals surface area contributed by atoms with Gasteiger partial charge in [0.1, 0.15) is 34.9 Å². The number of amides is 1. The maximum absolute atomic E-state index is 13.5. The zero-order valence-electron chi connectivity index (χ0n) is 17.8. The standard InChI is InChI=1S/C25H22FNO5/c1-14(2)31-19-6-4-5-16(13-19)23(28)21-22(20-12-7-15(3)32-20)27(25(30)24(21)29)18-10-8-17(26)9-11-18/h4-14,22,28H,1-3H3/b23-21-. The largest absolute Gasteiger partial charge is 0.507 e. The van der Waals surface area contributed by atoms with E-state index in [0.717, 1.165) is 0 Å². The average molecular weight is 435 g/mol. The molecule has 2 heterocycles. The summed E-state index contributed by atoms with van der Waals surface area (Å²) in [6.45, 7) is 5.49. The number of rotatable bonds is 5. The lowest BCUT2D eigenvalue weighted by Crippen LogP contribution is -2.29. The van der Waals surface area contributed by atoms with Crippen LogP contribution in [0.5, 0.6) is 5.75 Å². The van der Waals surface area contributed by atoms with Crippen molar-refractivity contribution in [1.29, 1.82) is 0 Å². The second kappa shape index (κ2) is 8.34. The zero-order valence-corrected chi connectivity index (χ0v) is 17.8. The lowest BCUT2D eigenvalue weighted by atomic mass is 9.99. The van der Waals surface area contributed by atoms with Crippen molar-refractivity contribution in [2.75, 3.05) is 4.90 Å². The predicted molar refractivity (Wildman–Crippen MR) is 117 cm³/mol. The van der Waals surface area contributed by atoms with Crippen LogP contribution in [0.25, 0.3) is 5.76 Å². The van der Waals surface area contributed by atoms with E-state index in [1.165, 1.54) is 29.2 Å². The fourth-order valence-corrected chi connectivity index (χ4v) is 3.71. The van der Waals surface area contributed by atoms with Gasteiger partial charge in [-0.2, -0.15) is 0 Å². The third kappa shape index (κ3) is 3.89. The number of furan rings is 1. The van der Waals surface area contributed by atoms with E-state index in [1.54, 1.807) is 43.3 Å². The van der Waals surface area contributed by atoms with Gasteiger partial charge in [0, 0.05) is 11.3 Å². The predicted octanol–water partition coefficient (Wildman–Crippen LogP) is 5.14. The van der Waals surface area contributed by atoms with E-state index in [2.05, 4.69) is 0 Å².